The first-order valence-corrected chi connectivity index (χ1v) is 6.06. The standard InChI is InChI=1S/C13H18FN3O2/c1-4-15-13(19)17-12(18)9(3)16-11-8(2)6-5-7-10(11)14/h5-7,9,16H,4H2,1-3H3,(H2,15,17,18,19). The van der Waals surface area contributed by atoms with Crippen molar-refractivity contribution in [2.24, 2.45) is 0 Å². The summed E-state index contributed by atoms with van der Waals surface area (Å²) in [6, 6.07) is 3.35. The van der Waals surface area contributed by atoms with E-state index in [1.807, 2.05) is 0 Å². The van der Waals surface area contributed by atoms with Gasteiger partial charge in [-0.15, -0.1) is 0 Å². The Bertz CT molecular complexity index is 457. The Morgan fingerprint density at radius 3 is 2.63 bits per heavy atom. The third kappa shape index (κ3) is 4.24. The second-order valence-electron chi connectivity index (χ2n) is 4.15. The van der Waals surface area contributed by atoms with E-state index in [9.17, 15) is 14.0 Å². The van der Waals surface area contributed by atoms with Crippen LogP contribution in [-0.2, 0) is 4.79 Å². The molecule has 1 atom stereocenters. The third-order valence-electron chi connectivity index (χ3n) is 2.55. The van der Waals surface area contributed by atoms with Gasteiger partial charge in [-0.1, -0.05) is 12.1 Å². The molecule has 0 spiro atoms. The number of para-hydroxylation sites is 1. The molecule has 0 bridgehead atoms. The van der Waals surface area contributed by atoms with Crippen LogP contribution in [0.3, 0.4) is 0 Å². The van der Waals surface area contributed by atoms with E-state index in [-0.39, 0.29) is 5.69 Å². The number of hydrogen-bond acceptors (Lipinski definition) is 3. The molecule has 0 radical (unpaired) electrons. The van der Waals surface area contributed by atoms with Crippen LogP contribution in [0.25, 0.3) is 0 Å². The van der Waals surface area contributed by atoms with Gasteiger partial charge in [0.05, 0.1) is 5.69 Å². The Kier molecular flexibility index (Phi) is 5.29. The van der Waals surface area contributed by atoms with Crippen molar-refractivity contribution in [1.29, 1.82) is 0 Å². The van der Waals surface area contributed by atoms with Crippen LogP contribution < -0.4 is 16.0 Å². The number of benzene rings is 1. The van der Waals surface area contributed by atoms with Gasteiger partial charge in [0.1, 0.15) is 11.9 Å². The Morgan fingerprint density at radius 2 is 2.05 bits per heavy atom. The number of amides is 3. The molecular weight excluding hydrogens is 249 g/mol. The van der Waals surface area contributed by atoms with Gasteiger partial charge in [-0.3, -0.25) is 10.1 Å². The number of anilines is 1. The predicted octanol–water partition coefficient (Wildman–Crippen LogP) is 1.78. The average Bonchev–Trinajstić information content (AvgIpc) is 2.34. The molecule has 3 amide bonds. The summed E-state index contributed by atoms with van der Waals surface area (Å²) in [5, 5.41) is 7.37. The molecule has 6 heteroatoms. The highest BCUT2D eigenvalue weighted by Gasteiger charge is 2.17. The third-order valence-corrected chi connectivity index (χ3v) is 2.55. The summed E-state index contributed by atoms with van der Waals surface area (Å²) in [4.78, 5) is 22.9. The first-order valence-electron chi connectivity index (χ1n) is 6.06. The van der Waals surface area contributed by atoms with Crippen LogP contribution in [-0.4, -0.2) is 24.5 Å². The van der Waals surface area contributed by atoms with Gasteiger partial charge in [0.2, 0.25) is 5.91 Å². The van der Waals surface area contributed by atoms with E-state index in [1.165, 1.54) is 6.07 Å². The molecular formula is C13H18FN3O2. The number of hydrogen-bond donors (Lipinski definition) is 3. The second-order valence-corrected chi connectivity index (χ2v) is 4.15. The molecule has 1 aromatic carbocycles. The van der Waals surface area contributed by atoms with E-state index >= 15 is 0 Å². The SMILES string of the molecule is CCNC(=O)NC(=O)C(C)Nc1c(C)cccc1F. The van der Waals surface area contributed by atoms with E-state index in [0.717, 1.165) is 0 Å². The molecule has 0 heterocycles. The number of aryl methyl sites for hydroxylation is 1. The van der Waals surface area contributed by atoms with Crippen LogP contribution in [0.2, 0.25) is 0 Å². The van der Waals surface area contributed by atoms with E-state index in [2.05, 4.69) is 16.0 Å². The maximum absolute atomic E-state index is 13.6. The lowest BCUT2D eigenvalue weighted by molar-refractivity contribution is -0.120. The van der Waals surface area contributed by atoms with Gasteiger partial charge in [0.15, 0.2) is 0 Å². The fourth-order valence-electron chi connectivity index (χ4n) is 1.52. The minimum absolute atomic E-state index is 0.265. The summed E-state index contributed by atoms with van der Waals surface area (Å²) in [5.41, 5.74) is 0.957. The number of nitrogens with one attached hydrogen (secondary N) is 3. The van der Waals surface area contributed by atoms with Crippen molar-refractivity contribution in [3.8, 4) is 0 Å². The first-order chi connectivity index (χ1) is 8.95. The number of carbonyl (C=O) groups excluding carboxylic acids is 2. The Hall–Kier alpha value is -2.11. The molecule has 0 saturated heterocycles. The first kappa shape index (κ1) is 14.9. The highest BCUT2D eigenvalue weighted by atomic mass is 19.1. The van der Waals surface area contributed by atoms with E-state index < -0.39 is 23.8 Å². The lowest BCUT2D eigenvalue weighted by Gasteiger charge is -2.17. The van der Waals surface area contributed by atoms with Crippen molar-refractivity contribution in [2.75, 3.05) is 11.9 Å². The quantitative estimate of drug-likeness (QED) is 0.778. The summed E-state index contributed by atoms with van der Waals surface area (Å²) in [6.07, 6.45) is 0. The molecule has 1 rings (SSSR count). The fourth-order valence-corrected chi connectivity index (χ4v) is 1.52. The Balaban J connectivity index is 2.66. The lowest BCUT2D eigenvalue weighted by atomic mass is 10.1. The minimum Gasteiger partial charge on any atom is -0.371 e. The van der Waals surface area contributed by atoms with Crippen molar-refractivity contribution in [3.05, 3.63) is 29.6 Å². The molecule has 0 aromatic heterocycles. The highest BCUT2D eigenvalue weighted by Crippen LogP contribution is 2.19. The van der Waals surface area contributed by atoms with Gasteiger partial charge in [-0.05, 0) is 32.4 Å². The number of halogens is 1. The number of urea groups is 1. The largest absolute Gasteiger partial charge is 0.371 e. The van der Waals surface area contributed by atoms with Crippen LogP contribution in [0.15, 0.2) is 18.2 Å². The van der Waals surface area contributed by atoms with Crippen LogP contribution in [0.1, 0.15) is 19.4 Å². The number of rotatable bonds is 4. The molecule has 5 nitrogen and oxygen atoms in total. The molecule has 104 valence electrons. The lowest BCUT2D eigenvalue weighted by Crippen LogP contribution is -2.45. The van der Waals surface area contributed by atoms with Gasteiger partial charge < -0.3 is 10.6 Å². The molecule has 3 N–H and O–H groups in total. The fraction of sp³-hybridized carbons (Fsp3) is 0.385. The van der Waals surface area contributed by atoms with Crippen LogP contribution in [0, 0.1) is 12.7 Å². The summed E-state index contributed by atoms with van der Waals surface area (Å²) < 4.78 is 13.6. The molecule has 19 heavy (non-hydrogen) atoms. The van der Waals surface area contributed by atoms with E-state index in [0.29, 0.717) is 12.1 Å². The molecule has 0 aliphatic heterocycles. The van der Waals surface area contributed by atoms with Crippen LogP contribution in [0.4, 0.5) is 14.9 Å². The van der Waals surface area contributed by atoms with Crippen LogP contribution >= 0.6 is 0 Å². The topological polar surface area (TPSA) is 70.2 Å². The molecule has 1 unspecified atom stereocenters. The smallest absolute Gasteiger partial charge is 0.321 e. The number of imide groups is 1. The Morgan fingerprint density at radius 1 is 1.37 bits per heavy atom. The van der Waals surface area contributed by atoms with E-state index in [4.69, 9.17) is 0 Å². The molecule has 1 aromatic rings. The zero-order valence-electron chi connectivity index (χ0n) is 11.2. The maximum Gasteiger partial charge on any atom is 0.321 e. The van der Waals surface area contributed by atoms with Crippen LogP contribution in [0.5, 0.6) is 0 Å². The summed E-state index contributed by atoms with van der Waals surface area (Å²) in [5.74, 6) is -0.953. The minimum atomic E-state index is -0.724. The normalized spacial score (nSPS) is 11.6. The molecule has 0 aliphatic rings. The number of carbonyl (C=O) groups is 2. The zero-order valence-corrected chi connectivity index (χ0v) is 11.2. The van der Waals surface area contributed by atoms with Crippen molar-refractivity contribution in [2.45, 2.75) is 26.8 Å². The average molecular weight is 267 g/mol. The van der Waals surface area contributed by atoms with Crippen molar-refractivity contribution >= 4 is 17.6 Å². The molecule has 0 aliphatic carbocycles. The molecule has 0 saturated carbocycles. The Labute approximate surface area is 111 Å². The van der Waals surface area contributed by atoms with Gasteiger partial charge in [0.25, 0.3) is 0 Å². The maximum atomic E-state index is 13.6. The summed E-state index contributed by atoms with van der Waals surface area (Å²) >= 11 is 0. The predicted molar refractivity (Wildman–Crippen MR) is 71.4 cm³/mol. The zero-order chi connectivity index (χ0) is 14.4. The van der Waals surface area contributed by atoms with Gasteiger partial charge >= 0.3 is 6.03 Å². The van der Waals surface area contributed by atoms with E-state index in [1.54, 1.807) is 32.9 Å². The van der Waals surface area contributed by atoms with Crippen molar-refractivity contribution < 1.29 is 14.0 Å². The van der Waals surface area contributed by atoms with Gasteiger partial charge in [-0.2, -0.15) is 0 Å². The summed E-state index contributed by atoms with van der Waals surface area (Å²) in [7, 11) is 0. The second kappa shape index (κ2) is 6.72. The van der Waals surface area contributed by atoms with Gasteiger partial charge in [-0.25, -0.2) is 9.18 Å². The van der Waals surface area contributed by atoms with Crippen molar-refractivity contribution in [1.82, 2.24) is 10.6 Å². The van der Waals surface area contributed by atoms with Crippen molar-refractivity contribution in [3.63, 3.8) is 0 Å². The summed E-state index contributed by atoms with van der Waals surface area (Å²) in [6.45, 7) is 5.46. The van der Waals surface area contributed by atoms with Gasteiger partial charge in [0, 0.05) is 6.54 Å². The molecule has 0 fully saturated rings. The monoisotopic (exact) mass is 267 g/mol. The highest BCUT2D eigenvalue weighted by molar-refractivity contribution is 5.98.